The van der Waals surface area contributed by atoms with E-state index in [1.807, 2.05) is 30.3 Å². The van der Waals surface area contributed by atoms with Gasteiger partial charge in [-0.3, -0.25) is 14.5 Å². The van der Waals surface area contributed by atoms with Gasteiger partial charge >= 0.3 is 0 Å². The highest BCUT2D eigenvalue weighted by Gasteiger charge is 2.29. The van der Waals surface area contributed by atoms with E-state index >= 15 is 0 Å². The highest BCUT2D eigenvalue weighted by atomic mass is 19.1. The van der Waals surface area contributed by atoms with Gasteiger partial charge in [0, 0.05) is 0 Å². The zero-order valence-electron chi connectivity index (χ0n) is 17.4. The van der Waals surface area contributed by atoms with E-state index in [2.05, 4.69) is 5.32 Å². The van der Waals surface area contributed by atoms with Gasteiger partial charge < -0.3 is 11.1 Å². The zero-order chi connectivity index (χ0) is 21.5. The molecule has 1 aliphatic rings. The van der Waals surface area contributed by atoms with Gasteiger partial charge in [0.2, 0.25) is 11.8 Å². The van der Waals surface area contributed by atoms with Crippen LogP contribution in [-0.2, 0) is 9.59 Å². The van der Waals surface area contributed by atoms with E-state index in [4.69, 9.17) is 5.73 Å². The third kappa shape index (κ3) is 5.66. The minimum absolute atomic E-state index is 0.0137. The van der Waals surface area contributed by atoms with E-state index in [9.17, 15) is 14.0 Å². The molecule has 0 bridgehead atoms. The van der Waals surface area contributed by atoms with E-state index < -0.39 is 17.8 Å². The number of benzene rings is 2. The Bertz CT molecular complexity index is 853. The zero-order valence-corrected chi connectivity index (χ0v) is 17.4. The maximum Gasteiger partial charge on any atom is 0.239 e. The molecule has 3 N–H and O–H groups in total. The number of primary amides is 1. The molecule has 2 unspecified atom stereocenters. The van der Waals surface area contributed by atoms with Crippen LogP contribution in [0.1, 0.15) is 55.3 Å². The number of rotatable bonds is 8. The van der Waals surface area contributed by atoms with E-state index in [1.54, 1.807) is 18.0 Å². The van der Waals surface area contributed by atoms with Crippen molar-refractivity contribution < 1.29 is 14.0 Å². The van der Waals surface area contributed by atoms with Crippen LogP contribution >= 0.6 is 0 Å². The first-order chi connectivity index (χ1) is 14.5. The number of likely N-dealkylation sites (N-methyl/N-ethyl adjacent to an activating group) is 1. The second-order valence-corrected chi connectivity index (χ2v) is 8.13. The fourth-order valence-corrected chi connectivity index (χ4v) is 4.45. The molecule has 2 atom stereocenters. The summed E-state index contributed by atoms with van der Waals surface area (Å²) in [5.41, 5.74) is 7.10. The quantitative estimate of drug-likeness (QED) is 0.695. The van der Waals surface area contributed by atoms with Crippen molar-refractivity contribution in [1.82, 2.24) is 10.2 Å². The van der Waals surface area contributed by atoms with E-state index in [1.165, 1.54) is 37.5 Å². The Morgan fingerprint density at radius 3 is 2.37 bits per heavy atom. The molecule has 2 aromatic carbocycles. The number of halogens is 1. The molecule has 0 aromatic heterocycles. The largest absolute Gasteiger partial charge is 0.368 e. The van der Waals surface area contributed by atoms with Crippen molar-refractivity contribution >= 4 is 11.8 Å². The molecular formula is C24H30FN3O2. The van der Waals surface area contributed by atoms with Gasteiger partial charge in [-0.25, -0.2) is 4.39 Å². The first-order valence-electron chi connectivity index (χ1n) is 10.5. The van der Waals surface area contributed by atoms with Gasteiger partial charge in [0.15, 0.2) is 0 Å². The minimum atomic E-state index is -0.878. The fourth-order valence-electron chi connectivity index (χ4n) is 4.45. The first kappa shape index (κ1) is 22.0. The van der Waals surface area contributed by atoms with E-state index in [0.717, 1.165) is 18.4 Å². The Kier molecular flexibility index (Phi) is 7.57. The number of carbonyl (C=O) groups excluding carboxylic acids is 2. The summed E-state index contributed by atoms with van der Waals surface area (Å²) in [6, 6.07) is 14.8. The molecule has 2 amide bonds. The summed E-state index contributed by atoms with van der Waals surface area (Å²) in [6.07, 6.45) is 5.76. The topological polar surface area (TPSA) is 75.4 Å². The van der Waals surface area contributed by atoms with Gasteiger partial charge in [-0.15, -0.1) is 0 Å². The summed E-state index contributed by atoms with van der Waals surface area (Å²) in [5, 5.41) is 3.18. The summed E-state index contributed by atoms with van der Waals surface area (Å²) in [5.74, 6) is -0.856. The van der Waals surface area contributed by atoms with Crippen LogP contribution in [0.5, 0.6) is 0 Å². The molecule has 0 spiro atoms. The lowest BCUT2D eigenvalue weighted by molar-refractivity contribution is -0.127. The molecule has 0 saturated heterocycles. The number of nitrogens with one attached hydrogen (secondary N) is 1. The van der Waals surface area contributed by atoms with Gasteiger partial charge in [0.05, 0.1) is 12.6 Å². The van der Waals surface area contributed by atoms with Gasteiger partial charge in [-0.05, 0) is 49.1 Å². The summed E-state index contributed by atoms with van der Waals surface area (Å²) >= 11 is 0. The number of hydrogen-bond acceptors (Lipinski definition) is 3. The van der Waals surface area contributed by atoms with E-state index in [0.29, 0.717) is 11.5 Å². The smallest absolute Gasteiger partial charge is 0.239 e. The second kappa shape index (κ2) is 10.3. The fraction of sp³-hybridized carbons (Fsp3) is 0.417. The lowest BCUT2D eigenvalue weighted by Gasteiger charge is -2.32. The molecule has 0 aliphatic heterocycles. The average Bonchev–Trinajstić information content (AvgIpc) is 2.73. The van der Waals surface area contributed by atoms with Crippen molar-refractivity contribution in [2.75, 3.05) is 13.6 Å². The number of carbonyl (C=O) groups is 2. The molecule has 30 heavy (non-hydrogen) atoms. The van der Waals surface area contributed by atoms with Crippen molar-refractivity contribution in [3.05, 3.63) is 71.5 Å². The molecule has 160 valence electrons. The Balaban J connectivity index is 1.72. The van der Waals surface area contributed by atoms with Crippen LogP contribution in [-0.4, -0.2) is 30.3 Å². The number of amides is 2. The maximum absolute atomic E-state index is 13.6. The molecule has 5 nitrogen and oxygen atoms in total. The normalized spacial score (nSPS) is 16.8. The summed E-state index contributed by atoms with van der Waals surface area (Å²) < 4.78 is 13.6. The number of nitrogens with zero attached hydrogens (tertiary/aromatic N) is 1. The van der Waals surface area contributed by atoms with Crippen LogP contribution in [0.15, 0.2) is 54.6 Å². The van der Waals surface area contributed by atoms with Crippen molar-refractivity contribution in [3.8, 4) is 0 Å². The van der Waals surface area contributed by atoms with Gasteiger partial charge in [0.1, 0.15) is 11.9 Å². The van der Waals surface area contributed by atoms with Crippen molar-refractivity contribution in [2.45, 2.75) is 44.2 Å². The predicted molar refractivity (Wildman–Crippen MR) is 115 cm³/mol. The molecular weight excluding hydrogens is 381 g/mol. The standard InChI is InChI=1S/C24H30FN3O2/c1-28(23(24(26)30)19-13-8-14-20(25)15-19)16-21(29)27-22(17-9-4-2-5-10-17)18-11-6-3-7-12-18/h2,4-5,8-10,13-15,18,22-23H,3,6-7,11-12,16H2,1H3,(H2,26,30)(H,27,29). The second-order valence-electron chi connectivity index (χ2n) is 8.13. The Morgan fingerprint density at radius 2 is 1.73 bits per heavy atom. The molecule has 1 saturated carbocycles. The highest BCUT2D eigenvalue weighted by molar-refractivity contribution is 5.83. The van der Waals surface area contributed by atoms with Crippen LogP contribution in [0.4, 0.5) is 4.39 Å². The third-order valence-electron chi connectivity index (χ3n) is 5.86. The van der Waals surface area contributed by atoms with Crippen molar-refractivity contribution in [2.24, 2.45) is 11.7 Å². The average molecular weight is 412 g/mol. The van der Waals surface area contributed by atoms with Crippen LogP contribution in [0, 0.1) is 11.7 Å². The Hall–Kier alpha value is -2.73. The molecule has 1 fully saturated rings. The third-order valence-corrected chi connectivity index (χ3v) is 5.86. The predicted octanol–water partition coefficient (Wildman–Crippen LogP) is 3.72. The van der Waals surface area contributed by atoms with Crippen LogP contribution in [0.3, 0.4) is 0 Å². The van der Waals surface area contributed by atoms with Gasteiger partial charge in [0.25, 0.3) is 0 Å². The van der Waals surface area contributed by atoms with Crippen LogP contribution < -0.4 is 11.1 Å². The lowest BCUT2D eigenvalue weighted by atomic mass is 9.81. The number of nitrogens with two attached hydrogens (primary N) is 1. The molecule has 2 aromatic rings. The minimum Gasteiger partial charge on any atom is -0.368 e. The lowest BCUT2D eigenvalue weighted by Crippen LogP contribution is -2.44. The monoisotopic (exact) mass is 411 g/mol. The van der Waals surface area contributed by atoms with E-state index in [-0.39, 0.29) is 18.5 Å². The van der Waals surface area contributed by atoms with Crippen molar-refractivity contribution in [3.63, 3.8) is 0 Å². The van der Waals surface area contributed by atoms with Crippen LogP contribution in [0.2, 0.25) is 0 Å². The van der Waals surface area contributed by atoms with Gasteiger partial charge in [-0.1, -0.05) is 61.7 Å². The summed E-state index contributed by atoms with van der Waals surface area (Å²) in [7, 11) is 1.65. The molecule has 6 heteroatoms. The Labute approximate surface area is 177 Å². The number of hydrogen-bond donors (Lipinski definition) is 2. The Morgan fingerprint density at radius 1 is 1.07 bits per heavy atom. The van der Waals surface area contributed by atoms with Gasteiger partial charge in [-0.2, -0.15) is 0 Å². The molecule has 3 rings (SSSR count). The molecule has 1 aliphatic carbocycles. The van der Waals surface area contributed by atoms with Crippen molar-refractivity contribution in [1.29, 1.82) is 0 Å². The SMILES string of the molecule is CN(CC(=O)NC(c1ccccc1)C1CCCCC1)C(C(N)=O)c1cccc(F)c1. The first-order valence-corrected chi connectivity index (χ1v) is 10.5. The summed E-state index contributed by atoms with van der Waals surface area (Å²) in [6.45, 7) is -0.0137. The highest BCUT2D eigenvalue weighted by Crippen LogP contribution is 2.34. The van der Waals surface area contributed by atoms with Crippen LogP contribution in [0.25, 0.3) is 0 Å². The molecule has 0 radical (unpaired) electrons. The summed E-state index contributed by atoms with van der Waals surface area (Å²) in [4.78, 5) is 26.5. The molecule has 0 heterocycles. The maximum atomic E-state index is 13.6.